The minimum Gasteiger partial charge on any atom is -0.370 e. The number of allylic oxidation sites excluding steroid dienone is 6. The summed E-state index contributed by atoms with van der Waals surface area (Å²) < 4.78 is 47.7. The van der Waals surface area contributed by atoms with Crippen LogP contribution in [0.2, 0.25) is 0 Å². The summed E-state index contributed by atoms with van der Waals surface area (Å²) in [5.74, 6) is 0. The van der Waals surface area contributed by atoms with E-state index in [0.29, 0.717) is 73.8 Å². The molecule has 6 aliphatic rings. The average molecular weight is 1200 g/mol. The van der Waals surface area contributed by atoms with Crippen LogP contribution in [0.15, 0.2) is 214 Å². The van der Waals surface area contributed by atoms with E-state index in [0.717, 1.165) is 66.8 Å². The Labute approximate surface area is 516 Å². The smallest absolute Gasteiger partial charge is 0.108 e. The van der Waals surface area contributed by atoms with Gasteiger partial charge < -0.3 is 28.4 Å². The van der Waals surface area contributed by atoms with Gasteiger partial charge >= 0.3 is 0 Å². The van der Waals surface area contributed by atoms with E-state index >= 15 is 0 Å². The predicted molar refractivity (Wildman–Crippen MR) is 324 cm³/mol. The Hall–Kier alpha value is -10.6. The maximum atomic E-state index is 6.13. The molecule has 6 heterocycles. The fraction of sp³-hybridized carbons (Fsp3) is 0.273. The van der Waals surface area contributed by atoms with Crippen LogP contribution in [0.1, 0.15) is 67.5 Å². The highest BCUT2D eigenvalue weighted by Crippen LogP contribution is 2.34. The van der Waals surface area contributed by atoms with E-state index in [1.54, 1.807) is 0 Å². The number of nitrogens with zero attached hydrogens (tertiary/aromatic N) is 18. The minimum atomic E-state index is 0.221. The van der Waals surface area contributed by atoms with Crippen molar-refractivity contribution in [2.45, 2.75) is 78.9 Å². The van der Waals surface area contributed by atoms with Crippen LogP contribution in [0, 0.1) is 0 Å². The maximum Gasteiger partial charge on any atom is 0.108 e. The van der Waals surface area contributed by atoms with Gasteiger partial charge in [0.1, 0.15) is 34.2 Å². The molecule has 7 aromatic rings. The van der Waals surface area contributed by atoms with Gasteiger partial charge in [-0.2, -0.15) is 0 Å². The quantitative estimate of drug-likeness (QED) is 0.0379. The first-order valence-electron chi connectivity index (χ1n) is 29.2. The summed E-state index contributed by atoms with van der Waals surface area (Å²) in [6.45, 7) is 4.92. The number of hydrogen-bond donors (Lipinski definition) is 0. The van der Waals surface area contributed by atoms with Crippen molar-refractivity contribution in [1.29, 1.82) is 0 Å². The third-order valence-electron chi connectivity index (χ3n) is 14.6. The third-order valence-corrected chi connectivity index (χ3v) is 14.6. The molecule has 0 radical (unpaired) electrons. The largest absolute Gasteiger partial charge is 0.370 e. The zero-order valence-electron chi connectivity index (χ0n) is 49.1. The van der Waals surface area contributed by atoms with Crippen molar-refractivity contribution in [3.8, 4) is 0 Å². The standard InChI is InChI=1S/C66H60N18O6/c1-2-14-49(13-1)37-85-43-55-25-79(73-67-55)31-61-62(32-80-26-56(68-74-80)44-86-38-50-15-3-4-16-50)64(34-82-28-58(70-76-82)46-88-40-52-19-7-8-20-52)66(36-84-30-60(72-78-84)48-90-42-54-23-11-12-24-54)65(35-83-29-59(71-77-83)47-89-41-53-21-9-10-22-53)63(61)33-81-27-57(69-75-81)45-87-39-51-17-5-6-18-51/h1-13,15,17,19,21,23,25-30H,31-48H2. The van der Waals surface area contributed by atoms with Crippen LogP contribution < -0.4 is 0 Å². The summed E-state index contributed by atoms with van der Waals surface area (Å²) in [5, 5.41) is 56.3. The molecular weight excluding hydrogens is 1140 g/mol. The van der Waals surface area contributed by atoms with Crippen LogP contribution in [0.25, 0.3) is 0 Å². The molecule has 6 aromatic heterocycles. The Kier molecular flexibility index (Phi) is 18.8. The summed E-state index contributed by atoms with van der Waals surface area (Å²) in [6.07, 6.45) is 46.1. The average Bonchev–Trinajstić information content (AvgIpc) is 2.24. The first-order chi connectivity index (χ1) is 44.5. The van der Waals surface area contributed by atoms with Gasteiger partial charge in [0.15, 0.2) is 0 Å². The van der Waals surface area contributed by atoms with Crippen LogP contribution in [0.4, 0.5) is 0 Å². The van der Waals surface area contributed by atoms with Crippen molar-refractivity contribution in [3.63, 3.8) is 0 Å². The van der Waals surface area contributed by atoms with Gasteiger partial charge in [-0.25, -0.2) is 28.1 Å². The lowest BCUT2D eigenvalue weighted by molar-refractivity contribution is 0.141. The van der Waals surface area contributed by atoms with Gasteiger partial charge in [-0.15, -0.1) is 65.0 Å². The molecule has 0 atom stereocenters. The van der Waals surface area contributed by atoms with Gasteiger partial charge in [-0.05, 0) is 106 Å². The van der Waals surface area contributed by atoms with Gasteiger partial charge in [0.25, 0.3) is 0 Å². The van der Waals surface area contributed by atoms with E-state index in [1.165, 1.54) is 0 Å². The molecule has 0 saturated carbocycles. The second-order valence-corrected chi connectivity index (χ2v) is 21.4. The Morgan fingerprint density at radius 1 is 0.233 bits per heavy atom. The third kappa shape index (κ3) is 15.7. The lowest BCUT2D eigenvalue weighted by Gasteiger charge is -2.27. The zero-order chi connectivity index (χ0) is 60.5. The topological polar surface area (TPSA) is 240 Å². The SMILES string of the molecule is C1=CC=CC=1COCc1cn(Cc2c(Cn3cc(COCC4=C=CC=C4)nn3)c(Cn3cc(COCC4=C=CC=C4)nn3)c(Cn3cc(COCC4=C=CC=C4)nn3)c(Cn3cc(COCC4=C=CC=C4)nn3)c2Cn2cc(COCC3=C=CC=C3)nn2)nn1. The number of hydrogen-bond acceptors (Lipinski definition) is 18. The molecule has 1 aromatic carbocycles. The summed E-state index contributed by atoms with van der Waals surface area (Å²) in [6, 6.07) is 0. The minimum absolute atomic E-state index is 0.221. The predicted octanol–water partition coefficient (Wildman–Crippen LogP) is 6.53. The molecule has 90 heavy (non-hydrogen) atoms. The van der Waals surface area contributed by atoms with Gasteiger partial charge in [0, 0.05) is 33.4 Å². The molecule has 0 saturated heterocycles. The van der Waals surface area contributed by atoms with Crippen molar-refractivity contribution in [3.05, 3.63) is 282 Å². The first-order valence-corrected chi connectivity index (χ1v) is 29.2. The molecule has 24 nitrogen and oxygen atoms in total. The van der Waals surface area contributed by atoms with Crippen LogP contribution in [-0.2, 0) is 107 Å². The fourth-order valence-corrected chi connectivity index (χ4v) is 10.4. The molecule has 6 aliphatic carbocycles. The van der Waals surface area contributed by atoms with Crippen molar-refractivity contribution >= 4 is 0 Å². The molecule has 0 spiro atoms. The highest BCUT2D eigenvalue weighted by molar-refractivity contribution is 5.53. The van der Waals surface area contributed by atoms with E-state index < -0.39 is 0 Å². The number of ether oxygens (including phenoxy) is 6. The van der Waals surface area contributed by atoms with Gasteiger partial charge in [-0.3, -0.25) is 0 Å². The lowest BCUT2D eigenvalue weighted by Crippen LogP contribution is -2.24. The van der Waals surface area contributed by atoms with Crippen molar-refractivity contribution in [2.24, 2.45) is 0 Å². The molecule has 0 aliphatic heterocycles. The number of rotatable bonds is 36. The Bertz CT molecular complexity index is 3700. The zero-order valence-corrected chi connectivity index (χ0v) is 49.1. The molecule has 0 amide bonds. The molecule has 0 bridgehead atoms. The maximum absolute atomic E-state index is 6.13. The monoisotopic (exact) mass is 1200 g/mol. The van der Waals surface area contributed by atoms with Crippen molar-refractivity contribution in [1.82, 2.24) is 90.0 Å². The van der Waals surface area contributed by atoms with Crippen molar-refractivity contribution in [2.75, 3.05) is 39.6 Å². The van der Waals surface area contributed by atoms with E-state index in [2.05, 4.69) is 65.0 Å². The Morgan fingerprint density at radius 3 is 0.544 bits per heavy atom. The van der Waals surface area contributed by atoms with Crippen LogP contribution in [0.5, 0.6) is 0 Å². The van der Waals surface area contributed by atoms with Crippen LogP contribution in [0.3, 0.4) is 0 Å². The normalized spacial score (nSPS) is 14.5. The fourth-order valence-electron chi connectivity index (χ4n) is 10.4. The van der Waals surface area contributed by atoms with Crippen molar-refractivity contribution < 1.29 is 28.4 Å². The highest BCUT2D eigenvalue weighted by atomic mass is 16.5. The second-order valence-electron chi connectivity index (χ2n) is 21.4. The van der Waals surface area contributed by atoms with Crippen LogP contribution >= 0.6 is 0 Å². The molecule has 450 valence electrons. The van der Waals surface area contributed by atoms with Crippen LogP contribution in [-0.4, -0.2) is 130 Å². The molecule has 0 N–H and O–H groups in total. The van der Waals surface area contributed by atoms with E-state index in [4.69, 9.17) is 59.7 Å². The summed E-state index contributed by atoms with van der Waals surface area (Å²) in [4.78, 5) is 0. The lowest BCUT2D eigenvalue weighted by atomic mass is 9.85. The van der Waals surface area contributed by atoms with Gasteiger partial charge in [0.2, 0.25) is 0 Å². The Balaban J connectivity index is 0.941. The van der Waals surface area contributed by atoms with E-state index in [-0.39, 0.29) is 78.9 Å². The molecule has 0 unspecified atom stereocenters. The molecule has 24 heteroatoms. The van der Waals surface area contributed by atoms with E-state index in [9.17, 15) is 0 Å². The summed E-state index contributed by atoms with van der Waals surface area (Å²) in [5.41, 5.74) is 34.0. The summed E-state index contributed by atoms with van der Waals surface area (Å²) >= 11 is 0. The number of benzene rings is 1. The Morgan fingerprint density at radius 2 is 0.400 bits per heavy atom. The molecule has 13 rings (SSSR count). The highest BCUT2D eigenvalue weighted by Gasteiger charge is 2.28. The number of aromatic nitrogens is 18. The second kappa shape index (κ2) is 28.9. The summed E-state index contributed by atoms with van der Waals surface area (Å²) in [7, 11) is 0. The van der Waals surface area contributed by atoms with Gasteiger partial charge in [0.05, 0.1) is 156 Å². The molecular formula is C66H60N18O6. The first kappa shape index (κ1) is 58.4. The van der Waals surface area contributed by atoms with E-state index in [1.807, 2.05) is 175 Å². The van der Waals surface area contributed by atoms with Gasteiger partial charge in [-0.1, -0.05) is 67.7 Å². The molecule has 0 fully saturated rings.